The Bertz CT molecular complexity index is 504. The minimum absolute atomic E-state index is 0.00532. The average molecular weight is 244 g/mol. The molecule has 0 aromatic heterocycles. The maximum Gasteiger partial charge on any atom is 0.308 e. The van der Waals surface area contributed by atoms with Crippen LogP contribution in [-0.4, -0.2) is 32.9 Å². The van der Waals surface area contributed by atoms with Crippen LogP contribution in [-0.2, 0) is 21.1 Å². The van der Waals surface area contributed by atoms with Gasteiger partial charge in [-0.2, -0.15) is 0 Å². The Kier molecular flexibility index (Phi) is 3.54. The molecule has 6 heteroatoms. The quantitative estimate of drug-likeness (QED) is 0.844. The first-order valence-corrected chi connectivity index (χ1v) is 6.33. The maximum absolute atomic E-state index is 11.5. The fourth-order valence-corrected chi connectivity index (χ4v) is 2.36. The van der Waals surface area contributed by atoms with Crippen molar-refractivity contribution < 1.29 is 23.1 Å². The van der Waals surface area contributed by atoms with Gasteiger partial charge in [-0.05, 0) is 12.1 Å². The van der Waals surface area contributed by atoms with Crippen LogP contribution in [0.25, 0.3) is 0 Å². The first-order valence-electron chi connectivity index (χ1n) is 4.44. The van der Waals surface area contributed by atoms with E-state index in [0.29, 0.717) is 0 Å². The predicted molar refractivity (Wildman–Crippen MR) is 57.4 cm³/mol. The molecule has 0 aliphatic carbocycles. The lowest BCUT2D eigenvalue weighted by Gasteiger charge is -2.10. The molecule has 0 saturated carbocycles. The average Bonchev–Trinajstić information content (AvgIpc) is 2.15. The fourth-order valence-electron chi connectivity index (χ4n) is 1.41. The first kappa shape index (κ1) is 12.5. The Morgan fingerprint density at radius 3 is 2.50 bits per heavy atom. The van der Waals surface area contributed by atoms with Crippen LogP contribution in [0.15, 0.2) is 23.1 Å². The van der Waals surface area contributed by atoms with Crippen LogP contribution in [0.1, 0.15) is 5.56 Å². The molecular formula is C10H12O5S. The topological polar surface area (TPSA) is 80.7 Å². The number of rotatable bonds is 4. The molecule has 0 atom stereocenters. The third kappa shape index (κ3) is 2.73. The van der Waals surface area contributed by atoms with Gasteiger partial charge in [-0.15, -0.1) is 0 Å². The lowest BCUT2D eigenvalue weighted by molar-refractivity contribution is -0.136. The molecule has 1 N–H and O–H groups in total. The van der Waals surface area contributed by atoms with Gasteiger partial charge >= 0.3 is 5.97 Å². The Labute approximate surface area is 93.6 Å². The highest BCUT2D eigenvalue weighted by Gasteiger charge is 2.19. The van der Waals surface area contributed by atoms with E-state index in [2.05, 4.69) is 0 Å². The number of aliphatic carboxylic acids is 1. The molecule has 0 bridgehead atoms. The lowest BCUT2D eigenvalue weighted by atomic mass is 10.1. The molecule has 0 spiro atoms. The molecule has 88 valence electrons. The van der Waals surface area contributed by atoms with Gasteiger partial charge in [-0.1, -0.05) is 6.07 Å². The Morgan fingerprint density at radius 1 is 1.44 bits per heavy atom. The third-order valence-electron chi connectivity index (χ3n) is 2.04. The molecular weight excluding hydrogens is 232 g/mol. The van der Waals surface area contributed by atoms with Gasteiger partial charge in [0.05, 0.1) is 18.4 Å². The van der Waals surface area contributed by atoms with Crippen LogP contribution < -0.4 is 4.74 Å². The summed E-state index contributed by atoms with van der Waals surface area (Å²) in [6.45, 7) is 0. The number of hydrogen-bond donors (Lipinski definition) is 1. The summed E-state index contributed by atoms with van der Waals surface area (Å²) in [4.78, 5) is 10.7. The summed E-state index contributed by atoms with van der Waals surface area (Å²) in [5.41, 5.74) is 0.181. The number of sulfone groups is 1. The van der Waals surface area contributed by atoms with Crippen LogP contribution >= 0.6 is 0 Å². The van der Waals surface area contributed by atoms with Crippen LogP contribution in [0.2, 0.25) is 0 Å². The molecule has 0 radical (unpaired) electrons. The highest BCUT2D eigenvalue weighted by atomic mass is 32.2. The second-order valence-electron chi connectivity index (χ2n) is 3.28. The third-order valence-corrected chi connectivity index (χ3v) is 3.22. The highest BCUT2D eigenvalue weighted by Crippen LogP contribution is 2.26. The number of carbonyl (C=O) groups is 1. The first-order chi connectivity index (χ1) is 7.36. The summed E-state index contributed by atoms with van der Waals surface area (Å²) < 4.78 is 27.9. The molecule has 16 heavy (non-hydrogen) atoms. The van der Waals surface area contributed by atoms with E-state index in [4.69, 9.17) is 9.84 Å². The van der Waals surface area contributed by atoms with Crippen molar-refractivity contribution in [3.8, 4) is 5.75 Å². The number of benzene rings is 1. The van der Waals surface area contributed by atoms with Gasteiger partial charge in [0.1, 0.15) is 5.75 Å². The Balaban J connectivity index is 3.43. The minimum Gasteiger partial charge on any atom is -0.496 e. The largest absolute Gasteiger partial charge is 0.496 e. The molecule has 1 aromatic rings. The van der Waals surface area contributed by atoms with Crippen molar-refractivity contribution in [1.82, 2.24) is 0 Å². The monoisotopic (exact) mass is 244 g/mol. The highest BCUT2D eigenvalue weighted by molar-refractivity contribution is 7.90. The van der Waals surface area contributed by atoms with Crippen LogP contribution in [0, 0.1) is 0 Å². The van der Waals surface area contributed by atoms with Crippen molar-refractivity contribution in [2.75, 3.05) is 13.4 Å². The van der Waals surface area contributed by atoms with Crippen molar-refractivity contribution in [2.45, 2.75) is 11.3 Å². The second kappa shape index (κ2) is 4.52. The van der Waals surface area contributed by atoms with Crippen LogP contribution in [0.4, 0.5) is 0 Å². The normalized spacial score (nSPS) is 11.1. The van der Waals surface area contributed by atoms with E-state index < -0.39 is 15.8 Å². The number of carboxylic acid groups (broad SMARTS) is 1. The Hall–Kier alpha value is -1.56. The summed E-state index contributed by atoms with van der Waals surface area (Å²) in [7, 11) is -2.09. The molecule has 0 heterocycles. The zero-order chi connectivity index (χ0) is 12.3. The molecule has 5 nitrogen and oxygen atoms in total. The van der Waals surface area contributed by atoms with E-state index >= 15 is 0 Å². The van der Waals surface area contributed by atoms with Crippen molar-refractivity contribution >= 4 is 15.8 Å². The van der Waals surface area contributed by atoms with Crippen LogP contribution in [0.5, 0.6) is 5.75 Å². The van der Waals surface area contributed by atoms with Gasteiger partial charge in [0.25, 0.3) is 0 Å². The maximum atomic E-state index is 11.5. The zero-order valence-corrected chi connectivity index (χ0v) is 9.74. The minimum atomic E-state index is -3.46. The van der Waals surface area contributed by atoms with Crippen LogP contribution in [0.3, 0.4) is 0 Å². The summed E-state index contributed by atoms with van der Waals surface area (Å²) in [6.07, 6.45) is 0.652. The number of hydrogen-bond acceptors (Lipinski definition) is 4. The van der Waals surface area contributed by atoms with Gasteiger partial charge in [-0.3, -0.25) is 4.79 Å². The summed E-state index contributed by atoms with van der Waals surface area (Å²) in [5, 5.41) is 8.73. The lowest BCUT2D eigenvalue weighted by Crippen LogP contribution is -2.09. The zero-order valence-electron chi connectivity index (χ0n) is 8.93. The summed E-state index contributed by atoms with van der Waals surface area (Å²) in [6, 6.07) is 4.42. The van der Waals surface area contributed by atoms with Gasteiger partial charge in [0.2, 0.25) is 0 Å². The SMILES string of the molecule is COc1cccc(S(C)(=O)=O)c1CC(=O)O. The van der Waals surface area contributed by atoms with E-state index in [1.165, 1.54) is 25.3 Å². The van der Waals surface area contributed by atoms with Crippen molar-refractivity contribution in [3.05, 3.63) is 23.8 Å². The Morgan fingerprint density at radius 2 is 2.06 bits per heavy atom. The molecule has 0 saturated heterocycles. The second-order valence-corrected chi connectivity index (χ2v) is 5.26. The molecule has 1 aromatic carbocycles. The molecule has 0 amide bonds. The standard InChI is InChI=1S/C10H12O5S/c1-15-8-4-3-5-9(16(2,13)14)7(8)6-10(11)12/h3-5H,6H2,1-2H3,(H,11,12). The van der Waals surface area contributed by atoms with E-state index in [9.17, 15) is 13.2 Å². The van der Waals surface area contributed by atoms with E-state index in [-0.39, 0.29) is 22.6 Å². The van der Waals surface area contributed by atoms with Gasteiger partial charge in [-0.25, -0.2) is 8.42 Å². The molecule has 0 aliphatic heterocycles. The smallest absolute Gasteiger partial charge is 0.308 e. The predicted octanol–water partition coefficient (Wildman–Crippen LogP) is 0.726. The number of methoxy groups -OCH3 is 1. The van der Waals surface area contributed by atoms with Crippen molar-refractivity contribution in [3.63, 3.8) is 0 Å². The molecule has 0 unspecified atom stereocenters. The summed E-state index contributed by atoms with van der Waals surface area (Å²) in [5.74, 6) is -0.834. The number of ether oxygens (including phenoxy) is 1. The number of carboxylic acids is 1. The fraction of sp³-hybridized carbons (Fsp3) is 0.300. The summed E-state index contributed by atoms with van der Waals surface area (Å²) >= 11 is 0. The van der Waals surface area contributed by atoms with E-state index in [0.717, 1.165) is 6.26 Å². The molecule has 1 rings (SSSR count). The van der Waals surface area contributed by atoms with Gasteiger partial charge in [0.15, 0.2) is 9.84 Å². The molecule has 0 fully saturated rings. The van der Waals surface area contributed by atoms with Crippen molar-refractivity contribution in [1.29, 1.82) is 0 Å². The van der Waals surface area contributed by atoms with E-state index in [1.54, 1.807) is 0 Å². The molecule has 0 aliphatic rings. The van der Waals surface area contributed by atoms with Crippen molar-refractivity contribution in [2.24, 2.45) is 0 Å². The van der Waals surface area contributed by atoms with Gasteiger partial charge < -0.3 is 9.84 Å². The van der Waals surface area contributed by atoms with E-state index in [1.807, 2.05) is 0 Å². The van der Waals surface area contributed by atoms with Gasteiger partial charge in [0, 0.05) is 11.8 Å².